The Morgan fingerprint density at radius 3 is 2.59 bits per heavy atom. The SMILES string of the molecule is CC(=O)NCCC(O)C(O)c1ccc(Br)cc1OC(F)(F)F. The van der Waals surface area contributed by atoms with Crippen LogP contribution in [0, 0.1) is 0 Å². The molecule has 9 heteroatoms. The Bertz CT molecular complexity index is 524. The van der Waals surface area contributed by atoms with Crippen molar-refractivity contribution < 1.29 is 32.9 Å². The Labute approximate surface area is 133 Å². The number of amides is 1. The van der Waals surface area contributed by atoms with Crippen LogP contribution in [0.5, 0.6) is 5.75 Å². The zero-order valence-corrected chi connectivity index (χ0v) is 13.1. The van der Waals surface area contributed by atoms with E-state index >= 15 is 0 Å². The van der Waals surface area contributed by atoms with Gasteiger partial charge in [-0.05, 0) is 18.6 Å². The minimum atomic E-state index is -4.92. The van der Waals surface area contributed by atoms with E-state index in [0.29, 0.717) is 4.47 Å². The van der Waals surface area contributed by atoms with Crippen LogP contribution in [0.15, 0.2) is 22.7 Å². The summed E-state index contributed by atoms with van der Waals surface area (Å²) >= 11 is 3.01. The van der Waals surface area contributed by atoms with Crippen LogP contribution in [0.1, 0.15) is 25.0 Å². The van der Waals surface area contributed by atoms with Gasteiger partial charge in [-0.2, -0.15) is 0 Å². The third-order valence-electron chi connectivity index (χ3n) is 2.70. The van der Waals surface area contributed by atoms with E-state index in [9.17, 15) is 28.2 Å². The molecule has 1 amide bonds. The zero-order chi connectivity index (χ0) is 16.9. The number of nitrogens with one attached hydrogen (secondary N) is 1. The molecule has 0 saturated carbocycles. The summed E-state index contributed by atoms with van der Waals surface area (Å²) in [6.45, 7) is 1.37. The van der Waals surface area contributed by atoms with E-state index in [0.717, 1.165) is 6.07 Å². The lowest BCUT2D eigenvalue weighted by Gasteiger charge is -2.21. The Morgan fingerprint density at radius 2 is 2.05 bits per heavy atom. The van der Waals surface area contributed by atoms with Gasteiger partial charge in [-0.15, -0.1) is 13.2 Å². The summed E-state index contributed by atoms with van der Waals surface area (Å²) in [5.41, 5.74) is -0.198. The summed E-state index contributed by atoms with van der Waals surface area (Å²) in [5.74, 6) is -0.917. The van der Waals surface area contributed by atoms with Gasteiger partial charge in [-0.3, -0.25) is 4.79 Å². The highest BCUT2D eigenvalue weighted by molar-refractivity contribution is 9.10. The first-order chi connectivity index (χ1) is 10.1. The number of carbonyl (C=O) groups excluding carboxylic acids is 1. The molecule has 124 valence electrons. The normalized spacial score (nSPS) is 14.3. The van der Waals surface area contributed by atoms with Crippen LogP contribution in [-0.2, 0) is 4.79 Å². The number of halogens is 4. The van der Waals surface area contributed by atoms with Gasteiger partial charge in [0.15, 0.2) is 0 Å². The monoisotopic (exact) mass is 385 g/mol. The van der Waals surface area contributed by atoms with Crippen LogP contribution in [-0.4, -0.2) is 35.1 Å². The van der Waals surface area contributed by atoms with E-state index in [-0.39, 0.29) is 24.4 Å². The minimum Gasteiger partial charge on any atom is -0.405 e. The zero-order valence-electron chi connectivity index (χ0n) is 11.5. The van der Waals surface area contributed by atoms with Gasteiger partial charge in [0.25, 0.3) is 0 Å². The smallest absolute Gasteiger partial charge is 0.405 e. The standard InChI is InChI=1S/C13H15BrF3NO4/c1-7(19)18-5-4-10(20)12(21)9-3-2-8(14)6-11(9)22-13(15,16)17/h2-3,6,10,12,20-21H,4-5H2,1H3,(H,18,19). The Kier molecular flexibility index (Phi) is 6.64. The molecule has 1 aromatic rings. The molecule has 0 saturated heterocycles. The molecule has 0 aliphatic rings. The predicted octanol–water partition coefficient (Wildman–Crippen LogP) is 2.27. The molecular formula is C13H15BrF3NO4. The number of hydrogen-bond donors (Lipinski definition) is 3. The van der Waals surface area contributed by atoms with Crippen molar-refractivity contribution in [3.05, 3.63) is 28.2 Å². The van der Waals surface area contributed by atoms with Crippen molar-refractivity contribution in [2.45, 2.75) is 31.9 Å². The number of aliphatic hydroxyl groups is 2. The van der Waals surface area contributed by atoms with Gasteiger partial charge in [-0.1, -0.05) is 22.0 Å². The number of benzene rings is 1. The third kappa shape index (κ3) is 6.20. The van der Waals surface area contributed by atoms with E-state index in [1.165, 1.54) is 19.1 Å². The maximum absolute atomic E-state index is 12.4. The molecule has 0 radical (unpaired) electrons. The average molecular weight is 386 g/mol. The molecule has 22 heavy (non-hydrogen) atoms. The lowest BCUT2D eigenvalue weighted by molar-refractivity contribution is -0.275. The van der Waals surface area contributed by atoms with Gasteiger partial charge in [0.1, 0.15) is 11.9 Å². The van der Waals surface area contributed by atoms with Gasteiger partial charge in [0, 0.05) is 23.5 Å². The van der Waals surface area contributed by atoms with Gasteiger partial charge in [-0.25, -0.2) is 0 Å². The topological polar surface area (TPSA) is 78.8 Å². The second kappa shape index (κ2) is 7.80. The summed E-state index contributed by atoms with van der Waals surface area (Å²) in [7, 11) is 0. The summed E-state index contributed by atoms with van der Waals surface area (Å²) < 4.78 is 41.3. The Balaban J connectivity index is 2.87. The fourth-order valence-corrected chi connectivity index (χ4v) is 2.07. The molecule has 3 N–H and O–H groups in total. The van der Waals surface area contributed by atoms with Crippen molar-refractivity contribution in [2.24, 2.45) is 0 Å². The van der Waals surface area contributed by atoms with Crippen molar-refractivity contribution in [3.63, 3.8) is 0 Å². The molecule has 1 rings (SSSR count). The maximum atomic E-state index is 12.4. The highest BCUT2D eigenvalue weighted by atomic mass is 79.9. The fourth-order valence-electron chi connectivity index (χ4n) is 1.73. The van der Waals surface area contributed by atoms with Crippen LogP contribution >= 0.6 is 15.9 Å². The lowest BCUT2D eigenvalue weighted by Crippen LogP contribution is -2.28. The highest BCUT2D eigenvalue weighted by Gasteiger charge is 2.33. The molecule has 5 nitrogen and oxygen atoms in total. The van der Waals surface area contributed by atoms with Crippen LogP contribution in [0.4, 0.5) is 13.2 Å². The van der Waals surface area contributed by atoms with Gasteiger partial charge >= 0.3 is 6.36 Å². The van der Waals surface area contributed by atoms with Crippen molar-refractivity contribution in [1.82, 2.24) is 5.32 Å². The van der Waals surface area contributed by atoms with Crippen molar-refractivity contribution >= 4 is 21.8 Å². The first-order valence-corrected chi connectivity index (χ1v) is 7.05. The second-order valence-electron chi connectivity index (χ2n) is 4.51. The third-order valence-corrected chi connectivity index (χ3v) is 3.19. The fraction of sp³-hybridized carbons (Fsp3) is 0.462. The molecule has 2 unspecified atom stereocenters. The number of alkyl halides is 3. The van der Waals surface area contributed by atoms with Gasteiger partial charge in [0.05, 0.1) is 6.10 Å². The van der Waals surface area contributed by atoms with Crippen LogP contribution in [0.25, 0.3) is 0 Å². The molecule has 0 aliphatic heterocycles. The number of carbonyl (C=O) groups is 1. The van der Waals surface area contributed by atoms with E-state index < -0.39 is 24.3 Å². The summed E-state index contributed by atoms with van der Waals surface area (Å²) in [5, 5.41) is 22.2. The molecule has 0 fully saturated rings. The predicted molar refractivity (Wildman–Crippen MR) is 75.1 cm³/mol. The van der Waals surface area contributed by atoms with Gasteiger partial charge < -0.3 is 20.3 Å². The maximum Gasteiger partial charge on any atom is 0.573 e. The molecule has 0 heterocycles. The average Bonchev–Trinajstić information content (AvgIpc) is 2.35. The Morgan fingerprint density at radius 1 is 1.41 bits per heavy atom. The van der Waals surface area contributed by atoms with Crippen LogP contribution in [0.2, 0.25) is 0 Å². The molecule has 0 bridgehead atoms. The summed E-state index contributed by atoms with van der Waals surface area (Å²) in [6.07, 6.45) is -7.89. The van der Waals surface area contributed by atoms with E-state index in [1.807, 2.05) is 0 Å². The largest absolute Gasteiger partial charge is 0.573 e. The van der Waals surface area contributed by atoms with Crippen molar-refractivity contribution in [3.8, 4) is 5.75 Å². The summed E-state index contributed by atoms with van der Waals surface area (Å²) in [4.78, 5) is 10.7. The highest BCUT2D eigenvalue weighted by Crippen LogP contribution is 2.34. The lowest BCUT2D eigenvalue weighted by atomic mass is 10.0. The van der Waals surface area contributed by atoms with E-state index in [4.69, 9.17) is 0 Å². The van der Waals surface area contributed by atoms with Crippen molar-refractivity contribution in [1.29, 1.82) is 0 Å². The van der Waals surface area contributed by atoms with Crippen LogP contribution in [0.3, 0.4) is 0 Å². The van der Waals surface area contributed by atoms with E-state index in [2.05, 4.69) is 26.0 Å². The molecule has 0 spiro atoms. The molecular weight excluding hydrogens is 371 g/mol. The molecule has 0 aliphatic carbocycles. The molecule has 0 aromatic heterocycles. The number of aliphatic hydroxyl groups excluding tert-OH is 2. The second-order valence-corrected chi connectivity index (χ2v) is 5.43. The Hall–Kier alpha value is -1.32. The number of ether oxygens (including phenoxy) is 1. The minimum absolute atomic E-state index is 0.0255. The quantitative estimate of drug-likeness (QED) is 0.701. The molecule has 1 aromatic carbocycles. The number of hydrogen-bond acceptors (Lipinski definition) is 4. The van der Waals surface area contributed by atoms with Gasteiger partial charge in [0.2, 0.25) is 5.91 Å². The molecule has 2 atom stereocenters. The number of rotatable bonds is 6. The van der Waals surface area contributed by atoms with Crippen molar-refractivity contribution in [2.75, 3.05) is 6.54 Å². The first kappa shape index (κ1) is 18.7. The summed E-state index contributed by atoms with van der Waals surface area (Å²) in [6, 6.07) is 3.69. The first-order valence-electron chi connectivity index (χ1n) is 6.26. The van der Waals surface area contributed by atoms with Crippen LogP contribution < -0.4 is 10.1 Å². The van der Waals surface area contributed by atoms with E-state index in [1.54, 1.807) is 0 Å².